The van der Waals surface area contributed by atoms with Crippen LogP contribution in [-0.4, -0.2) is 24.3 Å². The van der Waals surface area contributed by atoms with Crippen LogP contribution in [0.4, 0.5) is 0 Å². The summed E-state index contributed by atoms with van der Waals surface area (Å²) in [6.45, 7) is 6.17. The number of hydrogen-bond donors (Lipinski definition) is 2. The highest BCUT2D eigenvalue weighted by atomic mass is 15.1. The summed E-state index contributed by atoms with van der Waals surface area (Å²) in [4.78, 5) is 2.34. The van der Waals surface area contributed by atoms with Crippen molar-refractivity contribution in [1.29, 1.82) is 5.41 Å². The van der Waals surface area contributed by atoms with Crippen molar-refractivity contribution in [2.45, 2.75) is 39.7 Å². The lowest BCUT2D eigenvalue weighted by Crippen LogP contribution is -2.31. The van der Waals surface area contributed by atoms with Gasteiger partial charge in [0.25, 0.3) is 0 Å². The van der Waals surface area contributed by atoms with Crippen LogP contribution in [0.3, 0.4) is 0 Å². The molecular formula is C16H27N3. The quantitative estimate of drug-likeness (QED) is 0.429. The Labute approximate surface area is 117 Å². The second-order valence-corrected chi connectivity index (χ2v) is 5.98. The molecule has 0 bridgehead atoms. The predicted octanol–water partition coefficient (Wildman–Crippen LogP) is 3.25. The molecule has 0 unspecified atom stereocenters. The third-order valence-corrected chi connectivity index (χ3v) is 3.62. The molecule has 0 radical (unpaired) electrons. The van der Waals surface area contributed by atoms with Gasteiger partial charge < -0.3 is 10.6 Å². The highest BCUT2D eigenvalue weighted by Gasteiger charge is 2.20. The van der Waals surface area contributed by atoms with Gasteiger partial charge in [-0.3, -0.25) is 5.41 Å². The largest absolute Gasteiger partial charge is 0.387 e. The Kier molecular flexibility index (Phi) is 6.03. The van der Waals surface area contributed by atoms with Crippen molar-refractivity contribution in [1.82, 2.24) is 4.90 Å². The van der Waals surface area contributed by atoms with E-state index in [4.69, 9.17) is 11.1 Å². The smallest absolute Gasteiger partial charge is 0.0963 e. The normalized spacial score (nSPS) is 11.8. The van der Waals surface area contributed by atoms with Crippen molar-refractivity contribution in [2.75, 3.05) is 13.6 Å². The molecule has 3 heteroatoms. The van der Waals surface area contributed by atoms with Gasteiger partial charge in [0.2, 0.25) is 0 Å². The Hall–Kier alpha value is -1.35. The molecule has 0 heterocycles. The molecule has 3 nitrogen and oxygen atoms in total. The fraction of sp³-hybridized carbons (Fsp3) is 0.562. The van der Waals surface area contributed by atoms with E-state index in [2.05, 4.69) is 36.2 Å². The SMILES string of the molecule is CN(CCCCC(C)(C)C(=N)N)Cc1ccccc1. The molecule has 0 fully saturated rings. The second-order valence-electron chi connectivity index (χ2n) is 5.98. The summed E-state index contributed by atoms with van der Waals surface area (Å²) in [5, 5.41) is 7.53. The van der Waals surface area contributed by atoms with Crippen molar-refractivity contribution in [3.63, 3.8) is 0 Å². The molecule has 1 rings (SSSR count). The number of nitrogens with zero attached hydrogens (tertiary/aromatic N) is 1. The van der Waals surface area contributed by atoms with Crippen LogP contribution in [0.5, 0.6) is 0 Å². The molecule has 0 atom stereocenters. The molecule has 0 saturated carbocycles. The summed E-state index contributed by atoms with van der Waals surface area (Å²) >= 11 is 0. The van der Waals surface area contributed by atoms with Crippen molar-refractivity contribution in [3.8, 4) is 0 Å². The molecule has 1 aromatic rings. The van der Waals surface area contributed by atoms with Crippen LogP contribution in [-0.2, 0) is 6.54 Å². The Bertz CT molecular complexity index is 384. The van der Waals surface area contributed by atoms with Gasteiger partial charge in [0.15, 0.2) is 0 Å². The van der Waals surface area contributed by atoms with Crippen molar-refractivity contribution in [2.24, 2.45) is 11.1 Å². The van der Waals surface area contributed by atoms with Gasteiger partial charge in [-0.2, -0.15) is 0 Å². The maximum atomic E-state index is 7.53. The number of nitrogens with two attached hydrogens (primary N) is 1. The van der Waals surface area contributed by atoms with Crippen LogP contribution in [0.2, 0.25) is 0 Å². The fourth-order valence-corrected chi connectivity index (χ4v) is 2.06. The number of benzene rings is 1. The molecule has 19 heavy (non-hydrogen) atoms. The maximum absolute atomic E-state index is 7.53. The standard InChI is InChI=1S/C16H27N3/c1-16(2,15(17)18)11-7-8-12-19(3)13-14-9-5-4-6-10-14/h4-6,9-10H,7-8,11-13H2,1-3H3,(H3,17,18). The Balaban J connectivity index is 2.21. The van der Waals surface area contributed by atoms with E-state index in [1.807, 2.05) is 19.9 Å². The van der Waals surface area contributed by atoms with E-state index < -0.39 is 0 Å². The zero-order valence-corrected chi connectivity index (χ0v) is 12.4. The van der Waals surface area contributed by atoms with Crippen LogP contribution in [0, 0.1) is 10.8 Å². The zero-order chi connectivity index (χ0) is 14.3. The van der Waals surface area contributed by atoms with E-state index in [0.717, 1.165) is 32.4 Å². The molecule has 0 saturated heterocycles. The number of rotatable bonds is 8. The van der Waals surface area contributed by atoms with E-state index in [9.17, 15) is 0 Å². The van der Waals surface area contributed by atoms with Gasteiger partial charge in [0.05, 0.1) is 5.84 Å². The molecule has 0 aliphatic rings. The third-order valence-electron chi connectivity index (χ3n) is 3.62. The maximum Gasteiger partial charge on any atom is 0.0963 e. The van der Waals surface area contributed by atoms with Gasteiger partial charge in [-0.15, -0.1) is 0 Å². The third kappa shape index (κ3) is 5.88. The number of hydrogen-bond acceptors (Lipinski definition) is 2. The van der Waals surface area contributed by atoms with E-state index >= 15 is 0 Å². The van der Waals surface area contributed by atoms with Gasteiger partial charge in [-0.25, -0.2) is 0 Å². The molecule has 0 aliphatic carbocycles. The average molecular weight is 261 g/mol. The average Bonchev–Trinajstić information content (AvgIpc) is 2.36. The summed E-state index contributed by atoms with van der Waals surface area (Å²) in [7, 11) is 2.16. The summed E-state index contributed by atoms with van der Waals surface area (Å²) in [6.07, 6.45) is 3.26. The van der Waals surface area contributed by atoms with E-state index in [-0.39, 0.29) is 5.41 Å². The highest BCUT2D eigenvalue weighted by Crippen LogP contribution is 2.22. The lowest BCUT2D eigenvalue weighted by molar-refractivity contribution is 0.309. The zero-order valence-electron chi connectivity index (χ0n) is 12.4. The first-order valence-corrected chi connectivity index (χ1v) is 6.99. The number of unbranched alkanes of at least 4 members (excludes halogenated alkanes) is 1. The number of amidine groups is 1. The summed E-state index contributed by atoms with van der Waals surface area (Å²) in [6, 6.07) is 10.5. The highest BCUT2D eigenvalue weighted by molar-refractivity contribution is 5.82. The number of nitrogens with one attached hydrogen (secondary N) is 1. The van der Waals surface area contributed by atoms with Gasteiger partial charge in [-0.1, -0.05) is 50.6 Å². The first-order chi connectivity index (χ1) is 8.92. The van der Waals surface area contributed by atoms with Crippen molar-refractivity contribution >= 4 is 5.84 Å². The minimum atomic E-state index is -0.155. The molecule has 0 aliphatic heterocycles. The second kappa shape index (κ2) is 7.29. The molecule has 106 valence electrons. The molecule has 3 N–H and O–H groups in total. The molecule has 0 spiro atoms. The van der Waals surface area contributed by atoms with Crippen LogP contribution in [0.25, 0.3) is 0 Å². The van der Waals surface area contributed by atoms with Gasteiger partial charge in [0, 0.05) is 12.0 Å². The lowest BCUT2D eigenvalue weighted by atomic mass is 9.86. The van der Waals surface area contributed by atoms with Gasteiger partial charge in [0.1, 0.15) is 0 Å². The summed E-state index contributed by atoms with van der Waals surface area (Å²) in [5.74, 6) is 0.296. The fourth-order valence-electron chi connectivity index (χ4n) is 2.06. The first kappa shape index (κ1) is 15.7. The van der Waals surface area contributed by atoms with E-state index in [0.29, 0.717) is 5.84 Å². The first-order valence-electron chi connectivity index (χ1n) is 6.99. The van der Waals surface area contributed by atoms with Gasteiger partial charge in [-0.05, 0) is 32.0 Å². The van der Waals surface area contributed by atoms with Crippen LogP contribution in [0.1, 0.15) is 38.7 Å². The Morgan fingerprint density at radius 1 is 1.21 bits per heavy atom. The molecule has 0 aromatic heterocycles. The summed E-state index contributed by atoms with van der Waals surface area (Å²) in [5.41, 5.74) is 6.79. The topological polar surface area (TPSA) is 53.1 Å². The molecular weight excluding hydrogens is 234 g/mol. The van der Waals surface area contributed by atoms with Crippen LogP contribution >= 0.6 is 0 Å². The van der Waals surface area contributed by atoms with Crippen LogP contribution in [0.15, 0.2) is 30.3 Å². The summed E-state index contributed by atoms with van der Waals surface area (Å²) < 4.78 is 0. The van der Waals surface area contributed by atoms with Gasteiger partial charge >= 0.3 is 0 Å². The van der Waals surface area contributed by atoms with Crippen molar-refractivity contribution in [3.05, 3.63) is 35.9 Å². The predicted molar refractivity (Wildman–Crippen MR) is 82.3 cm³/mol. The monoisotopic (exact) mass is 261 g/mol. The van der Waals surface area contributed by atoms with Crippen molar-refractivity contribution < 1.29 is 0 Å². The van der Waals surface area contributed by atoms with E-state index in [1.165, 1.54) is 5.56 Å². The Morgan fingerprint density at radius 2 is 1.84 bits per heavy atom. The molecule has 1 aromatic carbocycles. The Morgan fingerprint density at radius 3 is 2.42 bits per heavy atom. The minimum absolute atomic E-state index is 0.155. The van der Waals surface area contributed by atoms with Crippen LogP contribution < -0.4 is 5.73 Å². The van der Waals surface area contributed by atoms with E-state index in [1.54, 1.807) is 0 Å². The lowest BCUT2D eigenvalue weighted by Gasteiger charge is -2.23. The molecule has 0 amide bonds. The minimum Gasteiger partial charge on any atom is -0.387 e.